The summed E-state index contributed by atoms with van der Waals surface area (Å²) in [6, 6.07) is 6.51. The first kappa shape index (κ1) is 23.6. The molecule has 2 heterocycles. The van der Waals surface area contributed by atoms with Gasteiger partial charge >= 0.3 is 0 Å². The Kier molecular flexibility index (Phi) is 8.08. The maximum absolute atomic E-state index is 12.8. The molecule has 3 rings (SSSR count). The van der Waals surface area contributed by atoms with Crippen LogP contribution < -0.4 is 0 Å². The van der Waals surface area contributed by atoms with Gasteiger partial charge in [-0.2, -0.15) is 0 Å². The average Bonchev–Trinajstić information content (AvgIpc) is 3.14. The van der Waals surface area contributed by atoms with E-state index in [0.717, 1.165) is 25.2 Å². The molecule has 2 saturated heterocycles. The first-order valence-electron chi connectivity index (χ1n) is 9.80. The smallest absolute Gasteiger partial charge is 0.227 e. The molecule has 2 amide bonds. The fourth-order valence-electron chi connectivity index (χ4n) is 4.06. The number of carbonyl (C=O) groups excluding carboxylic acids is 2. The highest BCUT2D eigenvalue weighted by atomic mass is 35.5. The summed E-state index contributed by atoms with van der Waals surface area (Å²) in [5.74, 6) is 0.0781. The summed E-state index contributed by atoms with van der Waals surface area (Å²) in [5.41, 5.74) is 0.794. The highest BCUT2D eigenvalue weighted by Crippen LogP contribution is 2.17. The van der Waals surface area contributed by atoms with Crippen molar-refractivity contribution in [2.45, 2.75) is 37.1 Å². The van der Waals surface area contributed by atoms with Gasteiger partial charge in [-0.15, -0.1) is 12.4 Å². The summed E-state index contributed by atoms with van der Waals surface area (Å²) in [4.78, 5) is 31.2. The number of benzene rings is 1. The molecule has 0 N–H and O–H groups in total. The first-order chi connectivity index (χ1) is 13.2. The number of carbonyl (C=O) groups is 2. The minimum atomic E-state index is -3.24. The van der Waals surface area contributed by atoms with Gasteiger partial charge in [0.1, 0.15) is 0 Å². The molecule has 0 spiro atoms. The van der Waals surface area contributed by atoms with E-state index in [1.165, 1.54) is 19.1 Å². The van der Waals surface area contributed by atoms with E-state index < -0.39 is 9.84 Å². The van der Waals surface area contributed by atoms with E-state index in [0.29, 0.717) is 19.6 Å². The maximum atomic E-state index is 12.8. The van der Waals surface area contributed by atoms with E-state index >= 15 is 0 Å². The Labute approximate surface area is 179 Å². The number of halogens is 1. The van der Waals surface area contributed by atoms with Gasteiger partial charge in [0.05, 0.1) is 17.4 Å². The van der Waals surface area contributed by atoms with Crippen LogP contribution in [0.2, 0.25) is 0 Å². The fourth-order valence-corrected chi connectivity index (χ4v) is 4.69. The second kappa shape index (κ2) is 9.91. The van der Waals surface area contributed by atoms with Gasteiger partial charge in [-0.25, -0.2) is 8.42 Å². The SMILES string of the molecule is CC(=O)N1CCN(C(=O)Cc2ccc(S(C)(=O)=O)cc2)C[C@@H]1CN1CCCC1.Cl. The van der Waals surface area contributed by atoms with E-state index in [4.69, 9.17) is 0 Å². The molecule has 162 valence electrons. The number of hydrogen-bond acceptors (Lipinski definition) is 5. The van der Waals surface area contributed by atoms with Crippen LogP contribution in [0.3, 0.4) is 0 Å². The molecule has 1 atom stereocenters. The fraction of sp³-hybridized carbons (Fsp3) is 0.600. The van der Waals surface area contributed by atoms with E-state index in [1.54, 1.807) is 31.2 Å². The van der Waals surface area contributed by atoms with Gasteiger partial charge in [0.15, 0.2) is 9.84 Å². The molecular formula is C20H30ClN3O4S. The molecule has 0 unspecified atom stereocenters. The molecule has 2 aliphatic heterocycles. The van der Waals surface area contributed by atoms with Crippen molar-refractivity contribution < 1.29 is 18.0 Å². The van der Waals surface area contributed by atoms with Crippen molar-refractivity contribution in [3.63, 3.8) is 0 Å². The standard InChI is InChI=1S/C20H29N3O4S.ClH/c1-16(24)23-12-11-22(15-18(23)14-21-9-3-4-10-21)20(25)13-17-5-7-19(8-6-17)28(2,26)27;/h5-8,18H,3-4,9-15H2,1-2H3;1H/t18-;/m0./s1. The lowest BCUT2D eigenvalue weighted by molar-refractivity contribution is -0.141. The Hall–Kier alpha value is -1.64. The zero-order chi connectivity index (χ0) is 20.3. The molecule has 2 aliphatic rings. The molecular weight excluding hydrogens is 414 g/mol. The number of hydrogen-bond donors (Lipinski definition) is 0. The van der Waals surface area contributed by atoms with Crippen molar-refractivity contribution in [2.24, 2.45) is 0 Å². The predicted molar refractivity (Wildman–Crippen MR) is 114 cm³/mol. The van der Waals surface area contributed by atoms with Crippen molar-refractivity contribution in [3.8, 4) is 0 Å². The van der Waals surface area contributed by atoms with Gasteiger partial charge in [0.2, 0.25) is 11.8 Å². The number of piperazine rings is 1. The predicted octanol–water partition coefficient (Wildman–Crippen LogP) is 1.21. The van der Waals surface area contributed by atoms with Crippen LogP contribution in [0.1, 0.15) is 25.3 Å². The van der Waals surface area contributed by atoms with Crippen LogP contribution in [0.15, 0.2) is 29.2 Å². The molecule has 0 aromatic heterocycles. The monoisotopic (exact) mass is 443 g/mol. The lowest BCUT2D eigenvalue weighted by Gasteiger charge is -2.42. The second-order valence-corrected chi connectivity index (χ2v) is 9.82. The number of likely N-dealkylation sites (tertiary alicyclic amines) is 1. The van der Waals surface area contributed by atoms with Crippen molar-refractivity contribution in [1.82, 2.24) is 14.7 Å². The Morgan fingerprint density at radius 1 is 1.03 bits per heavy atom. The van der Waals surface area contributed by atoms with Gasteiger partial charge in [-0.1, -0.05) is 12.1 Å². The van der Waals surface area contributed by atoms with E-state index in [9.17, 15) is 18.0 Å². The Balaban J connectivity index is 0.00000300. The van der Waals surface area contributed by atoms with Crippen LogP contribution in [-0.4, -0.2) is 86.5 Å². The molecule has 0 aliphatic carbocycles. The van der Waals surface area contributed by atoms with Crippen LogP contribution in [0.25, 0.3) is 0 Å². The number of rotatable bonds is 5. The Bertz CT molecular complexity index is 823. The summed E-state index contributed by atoms with van der Waals surface area (Å²) >= 11 is 0. The molecule has 1 aromatic carbocycles. The molecule has 29 heavy (non-hydrogen) atoms. The summed E-state index contributed by atoms with van der Waals surface area (Å²) in [6.45, 7) is 6.18. The van der Waals surface area contributed by atoms with Crippen molar-refractivity contribution >= 4 is 34.1 Å². The molecule has 0 saturated carbocycles. The van der Waals surface area contributed by atoms with Crippen LogP contribution in [0.5, 0.6) is 0 Å². The van der Waals surface area contributed by atoms with Gasteiger partial charge in [0, 0.05) is 39.4 Å². The zero-order valence-electron chi connectivity index (χ0n) is 17.0. The van der Waals surface area contributed by atoms with Crippen LogP contribution in [0.4, 0.5) is 0 Å². The quantitative estimate of drug-likeness (QED) is 0.683. The van der Waals surface area contributed by atoms with Gasteiger partial charge in [-0.05, 0) is 43.6 Å². The van der Waals surface area contributed by atoms with Crippen molar-refractivity contribution in [2.75, 3.05) is 45.5 Å². The van der Waals surface area contributed by atoms with E-state index in [1.807, 2.05) is 9.80 Å². The van der Waals surface area contributed by atoms with Crippen LogP contribution >= 0.6 is 12.4 Å². The third kappa shape index (κ3) is 6.17. The molecule has 0 radical (unpaired) electrons. The molecule has 0 bridgehead atoms. The highest BCUT2D eigenvalue weighted by molar-refractivity contribution is 7.90. The van der Waals surface area contributed by atoms with E-state index in [2.05, 4.69) is 4.90 Å². The van der Waals surface area contributed by atoms with Crippen molar-refractivity contribution in [1.29, 1.82) is 0 Å². The van der Waals surface area contributed by atoms with E-state index in [-0.39, 0.29) is 41.6 Å². The summed E-state index contributed by atoms with van der Waals surface area (Å²) < 4.78 is 23.1. The van der Waals surface area contributed by atoms with Crippen molar-refractivity contribution in [3.05, 3.63) is 29.8 Å². The first-order valence-corrected chi connectivity index (χ1v) is 11.7. The van der Waals surface area contributed by atoms with Gasteiger partial charge in [0.25, 0.3) is 0 Å². The summed E-state index contributed by atoms with van der Waals surface area (Å²) in [6.07, 6.45) is 3.79. The summed E-state index contributed by atoms with van der Waals surface area (Å²) in [7, 11) is -3.24. The second-order valence-electron chi connectivity index (χ2n) is 7.81. The number of sulfone groups is 1. The molecule has 2 fully saturated rings. The lowest BCUT2D eigenvalue weighted by Crippen LogP contribution is -2.59. The third-order valence-corrected chi connectivity index (χ3v) is 6.74. The molecule has 1 aromatic rings. The molecule has 9 heteroatoms. The summed E-state index contributed by atoms with van der Waals surface area (Å²) in [5, 5.41) is 0. The third-order valence-electron chi connectivity index (χ3n) is 5.61. The number of nitrogens with zero attached hydrogens (tertiary/aromatic N) is 3. The Morgan fingerprint density at radius 3 is 2.21 bits per heavy atom. The van der Waals surface area contributed by atoms with Gasteiger partial charge < -0.3 is 14.7 Å². The average molecular weight is 444 g/mol. The van der Waals surface area contributed by atoms with Crippen LogP contribution in [0, 0.1) is 0 Å². The molecule has 7 nitrogen and oxygen atoms in total. The number of amides is 2. The normalized spacial score (nSPS) is 20.4. The largest absolute Gasteiger partial charge is 0.339 e. The zero-order valence-corrected chi connectivity index (χ0v) is 18.7. The minimum absolute atomic E-state index is 0. The minimum Gasteiger partial charge on any atom is -0.339 e. The van der Waals surface area contributed by atoms with Gasteiger partial charge in [-0.3, -0.25) is 9.59 Å². The highest BCUT2D eigenvalue weighted by Gasteiger charge is 2.32. The maximum Gasteiger partial charge on any atom is 0.227 e. The topological polar surface area (TPSA) is 78.0 Å². The Morgan fingerprint density at radius 2 is 1.66 bits per heavy atom. The lowest BCUT2D eigenvalue weighted by atomic mass is 10.1. The van der Waals surface area contributed by atoms with Crippen LogP contribution in [-0.2, 0) is 25.8 Å².